The lowest BCUT2D eigenvalue weighted by molar-refractivity contribution is 0.549. The van der Waals surface area contributed by atoms with E-state index in [-0.39, 0.29) is 6.04 Å². The van der Waals surface area contributed by atoms with Crippen LogP contribution in [-0.4, -0.2) is 21.5 Å². The van der Waals surface area contributed by atoms with Gasteiger partial charge in [0.05, 0.1) is 11.7 Å². The predicted octanol–water partition coefficient (Wildman–Crippen LogP) is 3.63. The Kier molecular flexibility index (Phi) is 5.18. The van der Waals surface area contributed by atoms with Crippen LogP contribution in [0.25, 0.3) is 0 Å². The zero-order valence-electron chi connectivity index (χ0n) is 11.8. The van der Waals surface area contributed by atoms with Crippen LogP contribution in [0.4, 0.5) is 0 Å². The summed E-state index contributed by atoms with van der Waals surface area (Å²) in [5.74, 6) is 0. The van der Waals surface area contributed by atoms with Gasteiger partial charge in [-0.3, -0.25) is 0 Å². The summed E-state index contributed by atoms with van der Waals surface area (Å²) in [6.07, 6.45) is 1.05. The van der Waals surface area contributed by atoms with E-state index >= 15 is 0 Å². The topological polar surface area (TPSA) is 42.7 Å². The molecule has 0 spiro atoms. The van der Waals surface area contributed by atoms with E-state index in [1.165, 1.54) is 0 Å². The highest BCUT2D eigenvalue weighted by Gasteiger charge is 2.21. The van der Waals surface area contributed by atoms with Gasteiger partial charge in [-0.1, -0.05) is 35.9 Å². The van der Waals surface area contributed by atoms with E-state index in [2.05, 4.69) is 44.5 Å². The minimum Gasteiger partial charge on any atom is -0.305 e. The second-order valence-electron chi connectivity index (χ2n) is 4.78. The fourth-order valence-electron chi connectivity index (χ4n) is 2.09. The van der Waals surface area contributed by atoms with Gasteiger partial charge < -0.3 is 5.32 Å². The number of aryl methyl sites for hydroxylation is 2. The molecule has 6 heteroatoms. The molecule has 0 aliphatic heterocycles. The van der Waals surface area contributed by atoms with E-state index in [9.17, 15) is 0 Å². The van der Waals surface area contributed by atoms with Crippen molar-refractivity contribution in [3.63, 3.8) is 0 Å². The number of hydrogen-bond acceptors (Lipinski definition) is 3. The Hall–Kier alpha value is -0.910. The van der Waals surface area contributed by atoms with Gasteiger partial charge in [0.25, 0.3) is 0 Å². The van der Waals surface area contributed by atoms with Crippen molar-refractivity contribution in [1.29, 1.82) is 0 Å². The molecule has 0 saturated heterocycles. The molecule has 4 nitrogen and oxygen atoms in total. The quantitative estimate of drug-likeness (QED) is 0.888. The van der Waals surface area contributed by atoms with Crippen molar-refractivity contribution in [2.24, 2.45) is 7.05 Å². The van der Waals surface area contributed by atoms with Crippen molar-refractivity contribution >= 4 is 27.5 Å². The van der Waals surface area contributed by atoms with Crippen LogP contribution < -0.4 is 5.32 Å². The first-order valence-corrected chi connectivity index (χ1v) is 7.76. The number of halogens is 2. The third-order valence-corrected chi connectivity index (χ3v) is 4.20. The van der Waals surface area contributed by atoms with Gasteiger partial charge in [0.15, 0.2) is 4.60 Å². The van der Waals surface area contributed by atoms with E-state index in [4.69, 9.17) is 11.6 Å². The first-order valence-electron chi connectivity index (χ1n) is 6.59. The third kappa shape index (κ3) is 3.22. The highest BCUT2D eigenvalue weighted by atomic mass is 79.9. The Morgan fingerprint density at radius 2 is 2.20 bits per heavy atom. The van der Waals surface area contributed by atoms with Gasteiger partial charge >= 0.3 is 0 Å². The normalized spacial score (nSPS) is 12.7. The van der Waals surface area contributed by atoms with Crippen LogP contribution in [0.5, 0.6) is 0 Å². The Labute approximate surface area is 132 Å². The molecular weight excluding hydrogens is 340 g/mol. The molecule has 2 rings (SSSR count). The minimum absolute atomic E-state index is 0.0161. The number of aromatic nitrogens is 3. The SMILES string of the molecule is CCCNC(c1ccc(C)c(Cl)c1)c1c(Br)nnn1C. The van der Waals surface area contributed by atoms with Crippen LogP contribution in [0.1, 0.15) is 36.2 Å². The van der Waals surface area contributed by atoms with Crippen molar-refractivity contribution in [3.05, 3.63) is 44.6 Å². The summed E-state index contributed by atoms with van der Waals surface area (Å²) in [4.78, 5) is 0. The molecule has 0 fully saturated rings. The summed E-state index contributed by atoms with van der Waals surface area (Å²) >= 11 is 9.73. The van der Waals surface area contributed by atoms with Gasteiger partial charge in [0, 0.05) is 12.1 Å². The van der Waals surface area contributed by atoms with Gasteiger partial charge in [0.2, 0.25) is 0 Å². The van der Waals surface area contributed by atoms with Gasteiger partial charge in [-0.25, -0.2) is 4.68 Å². The largest absolute Gasteiger partial charge is 0.305 e. The summed E-state index contributed by atoms with van der Waals surface area (Å²) in [5.41, 5.74) is 3.19. The Balaban J connectivity index is 2.44. The lowest BCUT2D eigenvalue weighted by Gasteiger charge is -2.20. The fourth-order valence-corrected chi connectivity index (χ4v) is 2.84. The van der Waals surface area contributed by atoms with Crippen molar-refractivity contribution in [2.45, 2.75) is 26.3 Å². The van der Waals surface area contributed by atoms with E-state index in [1.807, 2.05) is 26.1 Å². The summed E-state index contributed by atoms with van der Waals surface area (Å²) in [6, 6.07) is 6.15. The van der Waals surface area contributed by atoms with Crippen molar-refractivity contribution in [2.75, 3.05) is 6.54 Å². The zero-order valence-corrected chi connectivity index (χ0v) is 14.2. The smallest absolute Gasteiger partial charge is 0.153 e. The summed E-state index contributed by atoms with van der Waals surface area (Å²) in [6.45, 7) is 5.05. The molecular formula is C14H18BrClN4. The standard InChI is InChI=1S/C14H18BrClN4/c1-4-7-17-12(13-14(15)18-19-20(13)3)10-6-5-9(2)11(16)8-10/h5-6,8,12,17H,4,7H2,1-3H3. The number of benzene rings is 1. The summed E-state index contributed by atoms with van der Waals surface area (Å²) < 4.78 is 2.54. The van der Waals surface area contributed by atoms with E-state index in [0.717, 1.165) is 39.4 Å². The van der Waals surface area contributed by atoms with Crippen LogP contribution in [0.2, 0.25) is 5.02 Å². The Bertz CT molecular complexity index is 577. The molecule has 1 atom stereocenters. The molecule has 0 bridgehead atoms. The number of hydrogen-bond donors (Lipinski definition) is 1. The second kappa shape index (κ2) is 6.70. The summed E-state index contributed by atoms with van der Waals surface area (Å²) in [7, 11) is 1.89. The average Bonchev–Trinajstić information content (AvgIpc) is 2.75. The molecule has 20 heavy (non-hydrogen) atoms. The van der Waals surface area contributed by atoms with Crippen LogP contribution in [-0.2, 0) is 7.05 Å². The van der Waals surface area contributed by atoms with Gasteiger partial charge in [-0.05, 0) is 53.0 Å². The van der Waals surface area contributed by atoms with Crippen molar-refractivity contribution in [3.8, 4) is 0 Å². The minimum atomic E-state index is 0.0161. The average molecular weight is 358 g/mol. The van der Waals surface area contributed by atoms with Crippen LogP contribution >= 0.6 is 27.5 Å². The number of rotatable bonds is 5. The molecule has 0 aliphatic rings. The number of nitrogens with one attached hydrogen (secondary N) is 1. The van der Waals surface area contributed by atoms with E-state index in [1.54, 1.807) is 4.68 Å². The van der Waals surface area contributed by atoms with E-state index in [0.29, 0.717) is 0 Å². The second-order valence-corrected chi connectivity index (χ2v) is 5.94. The van der Waals surface area contributed by atoms with Gasteiger partial charge in [-0.2, -0.15) is 0 Å². The predicted molar refractivity (Wildman–Crippen MR) is 85.0 cm³/mol. The van der Waals surface area contributed by atoms with Crippen molar-refractivity contribution < 1.29 is 0 Å². The maximum absolute atomic E-state index is 6.26. The highest BCUT2D eigenvalue weighted by molar-refractivity contribution is 9.10. The van der Waals surface area contributed by atoms with E-state index < -0.39 is 0 Å². The maximum Gasteiger partial charge on any atom is 0.153 e. The molecule has 1 aromatic heterocycles. The number of nitrogens with zero attached hydrogens (tertiary/aromatic N) is 3. The highest BCUT2D eigenvalue weighted by Crippen LogP contribution is 2.29. The van der Waals surface area contributed by atoms with Crippen LogP contribution in [0.3, 0.4) is 0 Å². The maximum atomic E-state index is 6.26. The molecule has 108 valence electrons. The first kappa shape index (κ1) is 15.5. The van der Waals surface area contributed by atoms with Gasteiger partial charge in [-0.15, -0.1) is 5.10 Å². The molecule has 1 unspecified atom stereocenters. The Morgan fingerprint density at radius 1 is 1.45 bits per heavy atom. The molecule has 0 aliphatic carbocycles. The molecule has 1 aromatic carbocycles. The third-order valence-electron chi connectivity index (χ3n) is 3.23. The van der Waals surface area contributed by atoms with Gasteiger partial charge in [0.1, 0.15) is 0 Å². The molecule has 1 heterocycles. The molecule has 0 amide bonds. The lowest BCUT2D eigenvalue weighted by Crippen LogP contribution is -2.25. The van der Waals surface area contributed by atoms with Crippen molar-refractivity contribution in [1.82, 2.24) is 20.3 Å². The Morgan fingerprint density at radius 3 is 2.75 bits per heavy atom. The van der Waals surface area contributed by atoms with Crippen LogP contribution in [0.15, 0.2) is 22.8 Å². The summed E-state index contributed by atoms with van der Waals surface area (Å²) in [5, 5.41) is 12.4. The monoisotopic (exact) mass is 356 g/mol. The van der Waals surface area contributed by atoms with Crippen LogP contribution in [0, 0.1) is 6.92 Å². The fraction of sp³-hybridized carbons (Fsp3) is 0.429. The lowest BCUT2D eigenvalue weighted by atomic mass is 10.0. The first-order chi connectivity index (χ1) is 9.54. The molecule has 2 aromatic rings. The zero-order chi connectivity index (χ0) is 14.7. The molecule has 0 saturated carbocycles. The molecule has 0 radical (unpaired) electrons. The molecule has 1 N–H and O–H groups in total.